The van der Waals surface area contributed by atoms with E-state index >= 15 is 0 Å². The van der Waals surface area contributed by atoms with Crippen LogP contribution >= 0.6 is 0 Å². The number of carbonyl (C=O) groups is 1. The molecule has 0 aliphatic carbocycles. The molecule has 0 saturated carbocycles. The first-order valence-corrected chi connectivity index (χ1v) is 5.65. The van der Waals surface area contributed by atoms with Gasteiger partial charge in [0, 0.05) is 5.92 Å². The van der Waals surface area contributed by atoms with Gasteiger partial charge in [-0.1, -0.05) is 49.4 Å². The maximum Gasteiger partial charge on any atom is 0.132 e. The molecule has 0 aliphatic heterocycles. The number of carbonyl (C=O) groups excluding carboxylic acids is 1. The first kappa shape index (κ1) is 10.9. The van der Waals surface area contributed by atoms with Crippen LogP contribution < -0.4 is 0 Å². The van der Waals surface area contributed by atoms with Crippen LogP contribution in [0.5, 0.6) is 0 Å². The molecule has 0 heterocycles. The fraction of sp³-hybridized carbons (Fsp3) is 0.267. The summed E-state index contributed by atoms with van der Waals surface area (Å²) in [5.41, 5.74) is 1.24. The van der Waals surface area contributed by atoms with Gasteiger partial charge >= 0.3 is 0 Å². The van der Waals surface area contributed by atoms with Gasteiger partial charge < -0.3 is 0 Å². The molecule has 0 amide bonds. The number of fused-ring (bicyclic) bond motifs is 1. The molecular weight excluding hydrogens is 196 g/mol. The summed E-state index contributed by atoms with van der Waals surface area (Å²) in [6, 6.07) is 14.7. The normalized spacial score (nSPS) is 12.6. The maximum atomic E-state index is 11.2. The summed E-state index contributed by atoms with van der Waals surface area (Å²) in [5.74, 6) is 0.370. The Balaban J connectivity index is 2.29. The van der Waals surface area contributed by atoms with Gasteiger partial charge in [0.1, 0.15) is 5.78 Å². The van der Waals surface area contributed by atoms with Crippen molar-refractivity contribution in [2.24, 2.45) is 5.92 Å². The molecule has 0 fully saturated rings. The Labute approximate surface area is 96.1 Å². The molecule has 82 valence electrons. The van der Waals surface area contributed by atoms with Gasteiger partial charge in [0.05, 0.1) is 0 Å². The highest BCUT2D eigenvalue weighted by molar-refractivity contribution is 5.83. The largest absolute Gasteiger partial charge is 0.300 e. The van der Waals surface area contributed by atoms with Crippen molar-refractivity contribution in [1.82, 2.24) is 0 Å². The third kappa shape index (κ3) is 2.30. The Morgan fingerprint density at radius 1 is 1.12 bits per heavy atom. The quantitative estimate of drug-likeness (QED) is 0.759. The minimum Gasteiger partial charge on any atom is -0.300 e. The second-order valence-electron chi connectivity index (χ2n) is 4.40. The molecule has 0 unspecified atom stereocenters. The second kappa shape index (κ2) is 4.48. The maximum absolute atomic E-state index is 11.2. The number of benzene rings is 2. The fourth-order valence-corrected chi connectivity index (χ4v) is 1.86. The predicted octanol–water partition coefficient (Wildman–Crippen LogP) is 3.61. The minimum atomic E-state index is 0.112. The van der Waals surface area contributed by atoms with Gasteiger partial charge in [-0.25, -0.2) is 0 Å². The Morgan fingerprint density at radius 3 is 2.50 bits per heavy atom. The van der Waals surface area contributed by atoms with E-state index in [4.69, 9.17) is 0 Å². The molecule has 1 nitrogen and oxygen atoms in total. The summed E-state index contributed by atoms with van der Waals surface area (Å²) in [6.07, 6.45) is 0.833. The van der Waals surface area contributed by atoms with E-state index in [1.807, 2.05) is 19.1 Å². The van der Waals surface area contributed by atoms with Gasteiger partial charge in [0.2, 0.25) is 0 Å². The summed E-state index contributed by atoms with van der Waals surface area (Å²) in [7, 11) is 0. The molecule has 2 rings (SSSR count). The van der Waals surface area contributed by atoms with Gasteiger partial charge in [-0.2, -0.15) is 0 Å². The lowest BCUT2D eigenvalue weighted by molar-refractivity contribution is -0.120. The first-order valence-electron chi connectivity index (χ1n) is 5.65. The lowest BCUT2D eigenvalue weighted by Crippen LogP contribution is -2.09. The van der Waals surface area contributed by atoms with Crippen molar-refractivity contribution in [3.05, 3.63) is 48.0 Å². The molecule has 0 spiro atoms. The summed E-state index contributed by atoms with van der Waals surface area (Å²) in [6.45, 7) is 3.64. The van der Waals surface area contributed by atoms with Crippen LogP contribution in [0.25, 0.3) is 10.8 Å². The number of Topliss-reactive ketones (excluding diaryl/α,β-unsaturated/α-hetero) is 1. The number of ketones is 1. The van der Waals surface area contributed by atoms with Crippen molar-refractivity contribution in [2.75, 3.05) is 0 Å². The SMILES string of the molecule is CC(=O)[C@@H](C)Cc1ccc2ccccc2c1. The zero-order valence-corrected chi connectivity index (χ0v) is 9.73. The van der Waals surface area contributed by atoms with E-state index in [2.05, 4.69) is 30.3 Å². The number of hydrogen-bond donors (Lipinski definition) is 0. The molecule has 0 N–H and O–H groups in total. The highest BCUT2D eigenvalue weighted by atomic mass is 16.1. The molecule has 0 aromatic heterocycles. The van der Waals surface area contributed by atoms with Gasteiger partial charge in [-0.05, 0) is 29.7 Å². The molecule has 0 radical (unpaired) electrons. The zero-order valence-electron chi connectivity index (χ0n) is 9.73. The Kier molecular flexibility index (Phi) is 3.04. The molecule has 0 aliphatic rings. The van der Waals surface area contributed by atoms with E-state index < -0.39 is 0 Å². The Bertz CT molecular complexity index is 514. The van der Waals surface area contributed by atoms with Crippen molar-refractivity contribution < 1.29 is 4.79 Å². The highest BCUT2D eigenvalue weighted by Gasteiger charge is 2.08. The topological polar surface area (TPSA) is 17.1 Å². The molecule has 1 atom stereocenters. The van der Waals surface area contributed by atoms with E-state index in [9.17, 15) is 4.79 Å². The highest BCUT2D eigenvalue weighted by Crippen LogP contribution is 2.18. The number of rotatable bonds is 3. The molecule has 16 heavy (non-hydrogen) atoms. The third-order valence-electron chi connectivity index (χ3n) is 3.05. The minimum absolute atomic E-state index is 0.112. The molecule has 2 aromatic rings. The smallest absolute Gasteiger partial charge is 0.132 e. The standard InChI is InChI=1S/C15H16O/c1-11(12(2)16)9-13-7-8-14-5-3-4-6-15(14)10-13/h3-8,10-11H,9H2,1-2H3/t11-/m0/s1. The van der Waals surface area contributed by atoms with Crippen LogP contribution in [0, 0.1) is 5.92 Å². The molecule has 0 bridgehead atoms. The fourth-order valence-electron chi connectivity index (χ4n) is 1.86. The Hall–Kier alpha value is -1.63. The molecular formula is C15H16O. The lowest BCUT2D eigenvalue weighted by atomic mass is 9.96. The van der Waals surface area contributed by atoms with E-state index in [1.54, 1.807) is 6.92 Å². The molecule has 0 saturated heterocycles. The molecule has 1 heteroatoms. The van der Waals surface area contributed by atoms with Crippen molar-refractivity contribution in [1.29, 1.82) is 0 Å². The van der Waals surface area contributed by atoms with Crippen LogP contribution in [0.15, 0.2) is 42.5 Å². The summed E-state index contributed by atoms with van der Waals surface area (Å²) < 4.78 is 0. The average Bonchev–Trinajstić information content (AvgIpc) is 2.28. The van der Waals surface area contributed by atoms with Crippen LogP contribution in [0.1, 0.15) is 19.4 Å². The third-order valence-corrected chi connectivity index (χ3v) is 3.05. The van der Waals surface area contributed by atoms with E-state index in [0.717, 1.165) is 6.42 Å². The summed E-state index contributed by atoms with van der Waals surface area (Å²) in [4.78, 5) is 11.2. The number of hydrogen-bond acceptors (Lipinski definition) is 1. The summed E-state index contributed by atoms with van der Waals surface area (Å²) in [5, 5.41) is 2.50. The lowest BCUT2D eigenvalue weighted by Gasteiger charge is -2.08. The van der Waals surface area contributed by atoms with Crippen LogP contribution in [0.4, 0.5) is 0 Å². The van der Waals surface area contributed by atoms with Gasteiger partial charge in [0.25, 0.3) is 0 Å². The average molecular weight is 212 g/mol. The van der Waals surface area contributed by atoms with E-state index in [1.165, 1.54) is 16.3 Å². The van der Waals surface area contributed by atoms with Crippen LogP contribution in [0.2, 0.25) is 0 Å². The first-order chi connectivity index (χ1) is 7.66. The van der Waals surface area contributed by atoms with Crippen molar-refractivity contribution in [3.8, 4) is 0 Å². The predicted molar refractivity (Wildman–Crippen MR) is 67.5 cm³/mol. The zero-order chi connectivity index (χ0) is 11.5. The van der Waals surface area contributed by atoms with Crippen LogP contribution in [-0.2, 0) is 11.2 Å². The summed E-state index contributed by atoms with van der Waals surface area (Å²) >= 11 is 0. The monoisotopic (exact) mass is 212 g/mol. The van der Waals surface area contributed by atoms with E-state index in [-0.39, 0.29) is 11.7 Å². The van der Waals surface area contributed by atoms with Gasteiger partial charge in [-0.3, -0.25) is 4.79 Å². The Morgan fingerprint density at radius 2 is 1.81 bits per heavy atom. The van der Waals surface area contributed by atoms with Crippen LogP contribution in [0.3, 0.4) is 0 Å². The van der Waals surface area contributed by atoms with Gasteiger partial charge in [0.15, 0.2) is 0 Å². The molecule has 2 aromatic carbocycles. The van der Waals surface area contributed by atoms with Crippen molar-refractivity contribution in [3.63, 3.8) is 0 Å². The van der Waals surface area contributed by atoms with Crippen molar-refractivity contribution >= 4 is 16.6 Å². The van der Waals surface area contributed by atoms with Crippen molar-refractivity contribution in [2.45, 2.75) is 20.3 Å². The second-order valence-corrected chi connectivity index (χ2v) is 4.40. The van der Waals surface area contributed by atoms with Crippen LogP contribution in [-0.4, -0.2) is 5.78 Å². The van der Waals surface area contributed by atoms with Gasteiger partial charge in [-0.15, -0.1) is 0 Å². The van der Waals surface area contributed by atoms with E-state index in [0.29, 0.717) is 0 Å².